The number of halogens is 1. The number of nitrogen functional groups attached to an aromatic ring is 1. The van der Waals surface area contributed by atoms with Crippen molar-refractivity contribution >= 4 is 5.82 Å². The molecule has 20 heavy (non-hydrogen) atoms. The largest absolute Gasteiger partial charge is 0.381 e. The van der Waals surface area contributed by atoms with E-state index in [2.05, 4.69) is 21.2 Å². The van der Waals surface area contributed by atoms with Crippen molar-refractivity contribution in [1.29, 1.82) is 10.8 Å². The molecule has 100 valence electrons. The Bertz CT molecular complexity index is 720. The summed E-state index contributed by atoms with van der Waals surface area (Å²) in [5, 5.41) is 12.1. The Kier molecular flexibility index (Phi) is 3.66. The third kappa shape index (κ3) is 2.31. The second kappa shape index (κ2) is 5.40. The fourth-order valence-corrected chi connectivity index (χ4v) is 1.81. The molecule has 2 aromatic rings. The van der Waals surface area contributed by atoms with Gasteiger partial charge in [0.25, 0.3) is 0 Å². The molecule has 0 atom stereocenters. The van der Waals surface area contributed by atoms with E-state index >= 15 is 0 Å². The number of benzene rings is 1. The zero-order valence-corrected chi connectivity index (χ0v) is 10.7. The highest BCUT2D eigenvalue weighted by Crippen LogP contribution is 2.25. The van der Waals surface area contributed by atoms with Crippen LogP contribution in [0.5, 0.6) is 0 Å². The Morgan fingerprint density at radius 3 is 2.85 bits per heavy atom. The number of nitrogens with zero attached hydrogens (tertiary/aromatic N) is 4. The molecule has 0 aliphatic rings. The third-order valence-corrected chi connectivity index (χ3v) is 2.87. The summed E-state index contributed by atoms with van der Waals surface area (Å²) in [4.78, 5) is 7.94. The van der Waals surface area contributed by atoms with Gasteiger partial charge in [0.1, 0.15) is 12.2 Å². The van der Waals surface area contributed by atoms with Crippen LogP contribution < -0.4 is 5.73 Å². The van der Waals surface area contributed by atoms with Crippen molar-refractivity contribution in [3.63, 3.8) is 0 Å². The number of hydrogen-bond donors (Lipinski definition) is 2. The van der Waals surface area contributed by atoms with Gasteiger partial charge in [-0.2, -0.15) is 10.4 Å². The Hall–Kier alpha value is -2.88. The first-order chi connectivity index (χ1) is 9.58. The lowest BCUT2D eigenvalue weighted by atomic mass is 10.0. The molecule has 0 saturated heterocycles. The molecule has 0 aliphatic heterocycles. The second-order valence-corrected chi connectivity index (χ2v) is 4.10. The van der Waals surface area contributed by atoms with E-state index < -0.39 is 5.82 Å². The minimum absolute atomic E-state index is 0.0377. The topological polar surface area (TPSA) is 112 Å². The number of nitrogens with one attached hydrogen (secondary N) is 1. The quantitative estimate of drug-likeness (QED) is 0.834. The van der Waals surface area contributed by atoms with E-state index in [0.717, 1.165) is 0 Å². The van der Waals surface area contributed by atoms with Gasteiger partial charge in [-0.3, -0.25) is 0 Å². The van der Waals surface area contributed by atoms with E-state index in [0.29, 0.717) is 16.7 Å². The van der Waals surface area contributed by atoms with Crippen LogP contribution in [0.3, 0.4) is 0 Å². The van der Waals surface area contributed by atoms with Crippen molar-refractivity contribution in [3.05, 3.63) is 40.8 Å². The lowest BCUT2D eigenvalue weighted by molar-refractivity contribution is 0.595. The highest BCUT2D eigenvalue weighted by atomic mass is 19.1. The van der Waals surface area contributed by atoms with Gasteiger partial charge in [-0.25, -0.2) is 19.9 Å². The monoisotopic (exact) mass is 270 g/mol. The SMILES string of the molecule is Cc1c(C#N)cccc1-c1nc(N)c(F)c(CN=N)n1. The molecular weight excluding hydrogens is 259 g/mol. The number of nitriles is 1. The Labute approximate surface area is 114 Å². The Balaban J connectivity index is 2.65. The molecule has 1 aromatic carbocycles. The number of hydrogen-bond acceptors (Lipinski definition) is 6. The standard InChI is InChI=1S/C13H11FN6/c1-7-8(5-15)3-2-4-9(7)13-19-10(6-18-17)11(14)12(16)20-13/h2-4,17H,6H2,1H3,(H2,16,19,20). The highest BCUT2D eigenvalue weighted by molar-refractivity contribution is 5.65. The van der Waals surface area contributed by atoms with Crippen LogP contribution in [-0.2, 0) is 6.54 Å². The zero-order chi connectivity index (χ0) is 14.7. The van der Waals surface area contributed by atoms with Crippen molar-refractivity contribution in [2.24, 2.45) is 5.11 Å². The molecule has 2 rings (SSSR count). The summed E-state index contributed by atoms with van der Waals surface area (Å²) < 4.78 is 13.7. The molecule has 6 nitrogen and oxygen atoms in total. The van der Waals surface area contributed by atoms with Crippen LogP contribution in [0.15, 0.2) is 23.3 Å². The summed E-state index contributed by atoms with van der Waals surface area (Å²) in [6, 6.07) is 7.15. The fourth-order valence-electron chi connectivity index (χ4n) is 1.81. The first-order valence-corrected chi connectivity index (χ1v) is 5.73. The van der Waals surface area contributed by atoms with Gasteiger partial charge in [-0.15, -0.1) is 0 Å². The van der Waals surface area contributed by atoms with Crippen molar-refractivity contribution in [2.75, 3.05) is 5.73 Å². The Morgan fingerprint density at radius 1 is 1.45 bits per heavy atom. The summed E-state index contributed by atoms with van der Waals surface area (Å²) in [7, 11) is 0. The van der Waals surface area contributed by atoms with Crippen LogP contribution in [0, 0.1) is 29.6 Å². The molecular formula is C13H11FN6. The van der Waals surface area contributed by atoms with E-state index in [4.69, 9.17) is 16.5 Å². The molecule has 0 bridgehead atoms. The zero-order valence-electron chi connectivity index (χ0n) is 10.7. The summed E-state index contributed by atoms with van der Waals surface area (Å²) >= 11 is 0. The fraction of sp³-hybridized carbons (Fsp3) is 0.154. The van der Waals surface area contributed by atoms with E-state index in [9.17, 15) is 4.39 Å². The van der Waals surface area contributed by atoms with Crippen LogP contribution in [0.1, 0.15) is 16.8 Å². The smallest absolute Gasteiger partial charge is 0.188 e. The maximum atomic E-state index is 13.7. The van der Waals surface area contributed by atoms with Gasteiger partial charge in [0.15, 0.2) is 17.5 Å². The Morgan fingerprint density at radius 2 is 2.20 bits per heavy atom. The van der Waals surface area contributed by atoms with E-state index in [1.54, 1.807) is 25.1 Å². The lowest BCUT2D eigenvalue weighted by Crippen LogP contribution is -2.06. The maximum Gasteiger partial charge on any atom is 0.188 e. The minimum atomic E-state index is -0.765. The minimum Gasteiger partial charge on any atom is -0.381 e. The number of rotatable bonds is 3. The highest BCUT2D eigenvalue weighted by Gasteiger charge is 2.15. The average Bonchev–Trinajstić information content (AvgIpc) is 2.44. The van der Waals surface area contributed by atoms with E-state index in [1.165, 1.54) is 0 Å². The molecule has 0 saturated carbocycles. The summed E-state index contributed by atoms with van der Waals surface area (Å²) in [5.41, 5.74) is 14.1. The van der Waals surface area contributed by atoms with Gasteiger partial charge in [0.05, 0.1) is 11.6 Å². The molecule has 0 fully saturated rings. The summed E-state index contributed by atoms with van der Waals surface area (Å²) in [6.07, 6.45) is 0. The van der Waals surface area contributed by atoms with Gasteiger partial charge in [0, 0.05) is 5.56 Å². The van der Waals surface area contributed by atoms with Crippen LogP contribution in [0.4, 0.5) is 10.2 Å². The molecule has 0 amide bonds. The lowest BCUT2D eigenvalue weighted by Gasteiger charge is -2.09. The average molecular weight is 270 g/mol. The predicted octanol–water partition coefficient (Wildman–Crippen LogP) is 2.58. The molecule has 1 heterocycles. The molecule has 0 radical (unpaired) electrons. The van der Waals surface area contributed by atoms with E-state index in [-0.39, 0.29) is 23.9 Å². The van der Waals surface area contributed by atoms with Crippen LogP contribution >= 0.6 is 0 Å². The van der Waals surface area contributed by atoms with Crippen molar-refractivity contribution < 1.29 is 4.39 Å². The molecule has 0 aliphatic carbocycles. The van der Waals surface area contributed by atoms with Gasteiger partial charge < -0.3 is 5.73 Å². The first kappa shape index (κ1) is 13.5. The second-order valence-electron chi connectivity index (χ2n) is 4.10. The van der Waals surface area contributed by atoms with E-state index in [1.807, 2.05) is 0 Å². The molecule has 0 spiro atoms. The summed E-state index contributed by atoms with van der Waals surface area (Å²) in [5.74, 6) is -0.841. The maximum absolute atomic E-state index is 13.7. The van der Waals surface area contributed by atoms with Gasteiger partial charge >= 0.3 is 0 Å². The summed E-state index contributed by atoms with van der Waals surface area (Å²) in [6.45, 7) is 1.55. The molecule has 3 N–H and O–H groups in total. The van der Waals surface area contributed by atoms with Gasteiger partial charge in [0.2, 0.25) is 0 Å². The molecule has 0 unspecified atom stereocenters. The van der Waals surface area contributed by atoms with Crippen molar-refractivity contribution in [3.8, 4) is 17.5 Å². The van der Waals surface area contributed by atoms with Gasteiger partial charge in [-0.1, -0.05) is 12.1 Å². The molecule has 1 aromatic heterocycles. The number of nitrogens with two attached hydrogens (primary N) is 1. The first-order valence-electron chi connectivity index (χ1n) is 5.73. The number of anilines is 1. The van der Waals surface area contributed by atoms with Gasteiger partial charge in [-0.05, 0) is 18.6 Å². The molecule has 7 heteroatoms. The van der Waals surface area contributed by atoms with Crippen molar-refractivity contribution in [2.45, 2.75) is 13.5 Å². The predicted molar refractivity (Wildman–Crippen MR) is 70.1 cm³/mol. The third-order valence-electron chi connectivity index (χ3n) is 2.87. The van der Waals surface area contributed by atoms with Crippen LogP contribution in [0.2, 0.25) is 0 Å². The van der Waals surface area contributed by atoms with Crippen LogP contribution in [-0.4, -0.2) is 9.97 Å². The normalized spacial score (nSPS) is 10.1. The van der Waals surface area contributed by atoms with Crippen LogP contribution in [0.25, 0.3) is 11.4 Å². The number of aromatic nitrogens is 2. The van der Waals surface area contributed by atoms with Crippen molar-refractivity contribution in [1.82, 2.24) is 9.97 Å².